The zero-order chi connectivity index (χ0) is 16.1. The molecule has 0 bridgehead atoms. The second-order valence-electron chi connectivity index (χ2n) is 6.87. The summed E-state index contributed by atoms with van der Waals surface area (Å²) >= 11 is 0. The molecular weight excluding hydrogens is 288 g/mol. The van der Waals surface area contributed by atoms with Crippen molar-refractivity contribution in [2.45, 2.75) is 50.5 Å². The van der Waals surface area contributed by atoms with Gasteiger partial charge in [-0.2, -0.15) is 0 Å². The minimum absolute atomic E-state index is 0.208. The summed E-state index contributed by atoms with van der Waals surface area (Å²) in [6.45, 7) is 2.58. The Morgan fingerprint density at radius 2 is 1.78 bits per heavy atom. The number of amides is 1. The lowest BCUT2D eigenvalue weighted by molar-refractivity contribution is -0.123. The molecule has 126 valence electrons. The van der Waals surface area contributed by atoms with Crippen molar-refractivity contribution in [3.63, 3.8) is 0 Å². The lowest BCUT2D eigenvalue weighted by atomic mass is 9.89. The predicted molar refractivity (Wildman–Crippen MR) is 91.8 cm³/mol. The van der Waals surface area contributed by atoms with Gasteiger partial charge in [0.1, 0.15) is 5.75 Å². The molecule has 0 radical (unpaired) electrons. The van der Waals surface area contributed by atoms with E-state index >= 15 is 0 Å². The number of piperidine rings is 1. The number of nitrogens with zero attached hydrogens (tertiary/aromatic N) is 1. The van der Waals surface area contributed by atoms with Crippen molar-refractivity contribution in [3.05, 3.63) is 29.8 Å². The molecule has 1 saturated carbocycles. The molecule has 1 aromatic rings. The lowest BCUT2D eigenvalue weighted by Crippen LogP contribution is -2.43. The van der Waals surface area contributed by atoms with E-state index in [0.29, 0.717) is 18.5 Å². The first kappa shape index (κ1) is 16.3. The number of likely N-dealkylation sites (tertiary alicyclic amines) is 1. The highest BCUT2D eigenvalue weighted by atomic mass is 16.5. The third kappa shape index (κ3) is 4.47. The maximum atomic E-state index is 12.1. The third-order valence-electron chi connectivity index (χ3n) is 5.26. The molecule has 2 fully saturated rings. The number of carbonyl (C=O) groups excluding carboxylic acids is 1. The minimum atomic E-state index is 0.208. The average Bonchev–Trinajstić information content (AvgIpc) is 3.08. The molecule has 23 heavy (non-hydrogen) atoms. The van der Waals surface area contributed by atoms with E-state index in [1.807, 2.05) is 12.1 Å². The Labute approximate surface area is 139 Å². The van der Waals surface area contributed by atoms with Crippen LogP contribution in [0.25, 0.3) is 0 Å². The summed E-state index contributed by atoms with van der Waals surface area (Å²) in [5.41, 5.74) is 1.39. The van der Waals surface area contributed by atoms with Crippen LogP contribution in [0.2, 0.25) is 0 Å². The topological polar surface area (TPSA) is 41.6 Å². The van der Waals surface area contributed by atoms with E-state index in [2.05, 4.69) is 22.3 Å². The molecule has 1 aliphatic carbocycles. The van der Waals surface area contributed by atoms with Crippen molar-refractivity contribution in [2.75, 3.05) is 26.7 Å². The van der Waals surface area contributed by atoms with Gasteiger partial charge in [0.2, 0.25) is 5.91 Å². The molecule has 0 spiro atoms. The number of hydrogen-bond donors (Lipinski definition) is 1. The van der Waals surface area contributed by atoms with Crippen LogP contribution < -0.4 is 10.1 Å². The van der Waals surface area contributed by atoms with Crippen LogP contribution in [0.4, 0.5) is 0 Å². The first-order chi connectivity index (χ1) is 11.2. The monoisotopic (exact) mass is 316 g/mol. The van der Waals surface area contributed by atoms with Crippen LogP contribution in [0.1, 0.15) is 50.0 Å². The quantitative estimate of drug-likeness (QED) is 0.908. The number of carbonyl (C=O) groups is 1. The van der Waals surface area contributed by atoms with E-state index in [1.165, 1.54) is 18.4 Å². The van der Waals surface area contributed by atoms with Gasteiger partial charge in [-0.1, -0.05) is 25.0 Å². The molecule has 4 nitrogen and oxygen atoms in total. The van der Waals surface area contributed by atoms with Gasteiger partial charge >= 0.3 is 0 Å². The summed E-state index contributed by atoms with van der Waals surface area (Å²) in [5.74, 6) is 1.73. The molecule has 1 N–H and O–H groups in total. The third-order valence-corrected chi connectivity index (χ3v) is 5.26. The highest BCUT2D eigenvalue weighted by molar-refractivity contribution is 5.78. The molecule has 0 atom stereocenters. The molecule has 1 saturated heterocycles. The maximum Gasteiger partial charge on any atom is 0.234 e. The normalized spacial score (nSPS) is 20.6. The summed E-state index contributed by atoms with van der Waals surface area (Å²) in [5, 5.41) is 3.19. The minimum Gasteiger partial charge on any atom is -0.497 e. The van der Waals surface area contributed by atoms with Crippen molar-refractivity contribution < 1.29 is 9.53 Å². The van der Waals surface area contributed by atoms with E-state index in [0.717, 1.165) is 44.5 Å². The van der Waals surface area contributed by atoms with Gasteiger partial charge in [0.15, 0.2) is 0 Å². The Bertz CT molecular complexity index is 501. The highest BCUT2D eigenvalue weighted by Crippen LogP contribution is 2.29. The number of nitrogens with one attached hydrogen (secondary N) is 1. The van der Waals surface area contributed by atoms with Crippen LogP contribution in [-0.4, -0.2) is 43.6 Å². The molecule has 0 aromatic heterocycles. The van der Waals surface area contributed by atoms with Gasteiger partial charge in [-0.25, -0.2) is 0 Å². The molecule has 1 heterocycles. The van der Waals surface area contributed by atoms with Crippen LogP contribution >= 0.6 is 0 Å². The number of benzene rings is 1. The van der Waals surface area contributed by atoms with Gasteiger partial charge in [0.05, 0.1) is 13.7 Å². The van der Waals surface area contributed by atoms with Crippen molar-refractivity contribution >= 4 is 5.91 Å². The van der Waals surface area contributed by atoms with Gasteiger partial charge in [0, 0.05) is 6.04 Å². The largest absolute Gasteiger partial charge is 0.497 e. The first-order valence-corrected chi connectivity index (χ1v) is 8.90. The zero-order valence-corrected chi connectivity index (χ0v) is 14.1. The van der Waals surface area contributed by atoms with Crippen LogP contribution in [0.5, 0.6) is 5.75 Å². The molecule has 2 aliphatic rings. The standard InChI is InChI=1S/C19H28N2O2/c1-23-18-8-6-15(7-9-18)16-10-12-21(13-11-16)14-19(22)20-17-4-2-3-5-17/h6-9,16-17H,2-5,10-14H2,1H3,(H,20,22). The fourth-order valence-electron chi connectivity index (χ4n) is 3.85. The molecule has 1 aliphatic heterocycles. The number of rotatable bonds is 5. The molecule has 4 heteroatoms. The average molecular weight is 316 g/mol. The summed E-state index contributed by atoms with van der Waals surface area (Å²) in [6.07, 6.45) is 7.10. The number of ether oxygens (including phenoxy) is 1. The molecule has 1 aromatic carbocycles. The Kier molecular flexibility index (Phi) is 5.55. The van der Waals surface area contributed by atoms with Crippen molar-refractivity contribution in [3.8, 4) is 5.75 Å². The Hall–Kier alpha value is -1.55. The Morgan fingerprint density at radius 3 is 2.39 bits per heavy atom. The van der Waals surface area contributed by atoms with E-state index in [-0.39, 0.29) is 5.91 Å². The predicted octanol–water partition coefficient (Wildman–Crippen LogP) is 2.93. The zero-order valence-electron chi connectivity index (χ0n) is 14.1. The second-order valence-corrected chi connectivity index (χ2v) is 6.87. The van der Waals surface area contributed by atoms with Crippen molar-refractivity contribution in [2.24, 2.45) is 0 Å². The maximum absolute atomic E-state index is 12.1. The van der Waals surface area contributed by atoms with Crippen molar-refractivity contribution in [1.82, 2.24) is 10.2 Å². The molecular formula is C19H28N2O2. The molecule has 1 amide bonds. The van der Waals surface area contributed by atoms with E-state index in [1.54, 1.807) is 7.11 Å². The van der Waals surface area contributed by atoms with Gasteiger partial charge < -0.3 is 10.1 Å². The number of methoxy groups -OCH3 is 1. The van der Waals surface area contributed by atoms with E-state index < -0.39 is 0 Å². The van der Waals surface area contributed by atoms with Crippen molar-refractivity contribution in [1.29, 1.82) is 0 Å². The smallest absolute Gasteiger partial charge is 0.234 e. The van der Waals surface area contributed by atoms with Crippen LogP contribution in [-0.2, 0) is 4.79 Å². The van der Waals surface area contributed by atoms with Crippen LogP contribution in [0.15, 0.2) is 24.3 Å². The van der Waals surface area contributed by atoms with Crippen LogP contribution in [0.3, 0.4) is 0 Å². The Balaban J connectivity index is 1.43. The fraction of sp³-hybridized carbons (Fsp3) is 0.632. The summed E-state index contributed by atoms with van der Waals surface area (Å²) in [7, 11) is 1.70. The first-order valence-electron chi connectivity index (χ1n) is 8.90. The van der Waals surface area contributed by atoms with Gasteiger partial charge in [-0.3, -0.25) is 9.69 Å². The summed E-state index contributed by atoms with van der Waals surface area (Å²) < 4.78 is 5.22. The van der Waals surface area contributed by atoms with Crippen LogP contribution in [0, 0.1) is 0 Å². The van der Waals surface area contributed by atoms with Gasteiger partial charge in [0.25, 0.3) is 0 Å². The van der Waals surface area contributed by atoms with E-state index in [9.17, 15) is 4.79 Å². The molecule has 3 rings (SSSR count). The molecule has 0 unspecified atom stereocenters. The van der Waals surface area contributed by atoms with Gasteiger partial charge in [-0.15, -0.1) is 0 Å². The fourth-order valence-corrected chi connectivity index (χ4v) is 3.85. The second kappa shape index (κ2) is 7.82. The SMILES string of the molecule is COc1ccc(C2CCN(CC(=O)NC3CCCC3)CC2)cc1. The number of hydrogen-bond acceptors (Lipinski definition) is 3. The van der Waals surface area contributed by atoms with E-state index in [4.69, 9.17) is 4.74 Å². The Morgan fingerprint density at radius 1 is 1.13 bits per heavy atom. The summed E-state index contributed by atoms with van der Waals surface area (Å²) in [4.78, 5) is 14.4. The van der Waals surface area contributed by atoms with Gasteiger partial charge in [-0.05, 0) is 62.4 Å². The summed E-state index contributed by atoms with van der Waals surface area (Å²) in [6, 6.07) is 8.85. The highest BCUT2D eigenvalue weighted by Gasteiger charge is 2.23. The lowest BCUT2D eigenvalue weighted by Gasteiger charge is -2.32.